The van der Waals surface area contributed by atoms with Gasteiger partial charge in [0.15, 0.2) is 0 Å². The number of pyridine rings is 1. The standard InChI is InChI=1S/C16H22N2O3/c1-11-3-2-6-17(8-11)9-12-7-14(16(20)21)15(19)18(10-12)13-4-5-13/h7,10-11,13H,2-6,8-9H2,1H3,(H,20,21)/t11-/m0/s1. The monoisotopic (exact) mass is 290 g/mol. The first-order valence-corrected chi connectivity index (χ1v) is 7.75. The number of rotatable bonds is 4. The lowest BCUT2D eigenvalue weighted by Gasteiger charge is -2.31. The second kappa shape index (κ2) is 5.64. The minimum Gasteiger partial charge on any atom is -0.477 e. The highest BCUT2D eigenvalue weighted by atomic mass is 16.4. The number of aromatic nitrogens is 1. The largest absolute Gasteiger partial charge is 0.477 e. The molecule has 1 aliphatic carbocycles. The first kappa shape index (κ1) is 14.3. The predicted octanol–water partition coefficient (Wildman–Crippen LogP) is 2.11. The topological polar surface area (TPSA) is 62.5 Å². The van der Waals surface area contributed by atoms with Crippen molar-refractivity contribution in [1.82, 2.24) is 9.47 Å². The molecule has 1 saturated heterocycles. The van der Waals surface area contributed by atoms with E-state index in [1.165, 1.54) is 12.8 Å². The number of hydrogen-bond donors (Lipinski definition) is 1. The van der Waals surface area contributed by atoms with E-state index >= 15 is 0 Å². The summed E-state index contributed by atoms with van der Waals surface area (Å²) in [7, 11) is 0. The zero-order valence-corrected chi connectivity index (χ0v) is 12.4. The molecule has 0 aromatic carbocycles. The highest BCUT2D eigenvalue weighted by molar-refractivity contribution is 5.87. The van der Waals surface area contributed by atoms with Crippen molar-refractivity contribution in [3.05, 3.63) is 33.7 Å². The average molecular weight is 290 g/mol. The van der Waals surface area contributed by atoms with Crippen molar-refractivity contribution in [3.8, 4) is 0 Å². The molecule has 0 amide bonds. The van der Waals surface area contributed by atoms with E-state index in [2.05, 4.69) is 11.8 Å². The Bertz CT molecular complexity index is 604. The van der Waals surface area contributed by atoms with Crippen LogP contribution in [0.4, 0.5) is 0 Å². The first-order valence-electron chi connectivity index (χ1n) is 7.75. The molecular formula is C16H22N2O3. The van der Waals surface area contributed by atoms with Crippen molar-refractivity contribution in [2.45, 2.75) is 45.2 Å². The third-order valence-corrected chi connectivity index (χ3v) is 4.42. The summed E-state index contributed by atoms with van der Waals surface area (Å²) in [5.74, 6) is -0.435. The molecular weight excluding hydrogens is 268 g/mol. The van der Waals surface area contributed by atoms with Crippen LogP contribution in [0.15, 0.2) is 17.1 Å². The van der Waals surface area contributed by atoms with Crippen LogP contribution in [0, 0.1) is 5.92 Å². The summed E-state index contributed by atoms with van der Waals surface area (Å²) in [4.78, 5) is 25.8. The van der Waals surface area contributed by atoms with E-state index < -0.39 is 5.97 Å². The number of carbonyl (C=O) groups is 1. The minimum atomic E-state index is -1.12. The van der Waals surface area contributed by atoms with Crippen molar-refractivity contribution >= 4 is 5.97 Å². The Morgan fingerprint density at radius 2 is 2.14 bits per heavy atom. The smallest absolute Gasteiger partial charge is 0.341 e. The van der Waals surface area contributed by atoms with E-state index in [-0.39, 0.29) is 17.2 Å². The summed E-state index contributed by atoms with van der Waals surface area (Å²) < 4.78 is 1.63. The highest BCUT2D eigenvalue weighted by Gasteiger charge is 2.27. The van der Waals surface area contributed by atoms with Gasteiger partial charge in [0.2, 0.25) is 0 Å². The van der Waals surface area contributed by atoms with E-state index in [1.807, 2.05) is 6.20 Å². The molecule has 0 unspecified atom stereocenters. The molecule has 0 bridgehead atoms. The van der Waals surface area contributed by atoms with Crippen LogP contribution in [-0.2, 0) is 6.54 Å². The molecule has 1 aromatic heterocycles. The first-order chi connectivity index (χ1) is 10.0. The van der Waals surface area contributed by atoms with Crippen LogP contribution >= 0.6 is 0 Å². The Hall–Kier alpha value is -1.62. The van der Waals surface area contributed by atoms with Crippen molar-refractivity contribution in [2.75, 3.05) is 13.1 Å². The molecule has 2 heterocycles. The molecule has 21 heavy (non-hydrogen) atoms. The van der Waals surface area contributed by atoms with E-state index in [0.29, 0.717) is 5.92 Å². The van der Waals surface area contributed by atoms with Crippen molar-refractivity contribution in [2.24, 2.45) is 5.92 Å². The molecule has 5 nitrogen and oxygen atoms in total. The second-order valence-corrected chi connectivity index (χ2v) is 6.49. The summed E-state index contributed by atoms with van der Waals surface area (Å²) >= 11 is 0. The van der Waals surface area contributed by atoms with Crippen LogP contribution in [0.25, 0.3) is 0 Å². The van der Waals surface area contributed by atoms with Crippen molar-refractivity contribution in [3.63, 3.8) is 0 Å². The number of likely N-dealkylation sites (tertiary alicyclic amines) is 1. The van der Waals surface area contributed by atoms with Crippen LogP contribution in [0.2, 0.25) is 0 Å². The summed E-state index contributed by atoms with van der Waals surface area (Å²) in [5.41, 5.74) is 0.484. The van der Waals surface area contributed by atoms with Gasteiger partial charge in [-0.25, -0.2) is 4.79 Å². The molecule has 1 N–H and O–H groups in total. The lowest BCUT2D eigenvalue weighted by atomic mass is 10.00. The van der Waals surface area contributed by atoms with Crippen LogP contribution in [0.3, 0.4) is 0 Å². The summed E-state index contributed by atoms with van der Waals surface area (Å²) in [6.07, 6.45) is 6.27. The van der Waals surface area contributed by atoms with Gasteiger partial charge in [-0.05, 0) is 49.8 Å². The number of nitrogens with zero attached hydrogens (tertiary/aromatic N) is 2. The third-order valence-electron chi connectivity index (χ3n) is 4.42. The fourth-order valence-electron chi connectivity index (χ4n) is 3.21. The van der Waals surface area contributed by atoms with Gasteiger partial charge in [-0.1, -0.05) is 6.92 Å². The number of carboxylic acids is 1. The van der Waals surface area contributed by atoms with Gasteiger partial charge < -0.3 is 9.67 Å². The maximum atomic E-state index is 12.2. The Balaban J connectivity index is 1.87. The zero-order valence-electron chi connectivity index (χ0n) is 12.4. The lowest BCUT2D eigenvalue weighted by Crippen LogP contribution is -2.34. The molecule has 1 saturated carbocycles. The second-order valence-electron chi connectivity index (χ2n) is 6.49. The van der Waals surface area contributed by atoms with Gasteiger partial charge in [0.05, 0.1) is 0 Å². The van der Waals surface area contributed by atoms with Gasteiger partial charge in [0.1, 0.15) is 5.56 Å². The molecule has 2 fully saturated rings. The Kier molecular flexibility index (Phi) is 3.85. The van der Waals surface area contributed by atoms with Gasteiger partial charge in [-0.3, -0.25) is 9.69 Å². The minimum absolute atomic E-state index is 0.0931. The van der Waals surface area contributed by atoms with E-state index in [9.17, 15) is 14.7 Å². The predicted molar refractivity (Wildman–Crippen MR) is 79.6 cm³/mol. The van der Waals surface area contributed by atoms with Crippen LogP contribution in [0.1, 0.15) is 54.6 Å². The number of piperidine rings is 1. The number of carboxylic acid groups (broad SMARTS) is 1. The molecule has 3 rings (SSSR count). The maximum absolute atomic E-state index is 12.2. The molecule has 0 spiro atoms. The Labute approximate surface area is 124 Å². The maximum Gasteiger partial charge on any atom is 0.341 e. The highest BCUT2D eigenvalue weighted by Crippen LogP contribution is 2.33. The molecule has 0 radical (unpaired) electrons. The van der Waals surface area contributed by atoms with Gasteiger partial charge in [0.25, 0.3) is 5.56 Å². The van der Waals surface area contributed by atoms with Crippen molar-refractivity contribution < 1.29 is 9.90 Å². The molecule has 5 heteroatoms. The summed E-state index contributed by atoms with van der Waals surface area (Å²) in [6.45, 7) is 5.08. The van der Waals surface area contributed by atoms with Gasteiger partial charge in [0, 0.05) is 25.3 Å². The van der Waals surface area contributed by atoms with Gasteiger partial charge in [-0.2, -0.15) is 0 Å². The zero-order chi connectivity index (χ0) is 15.0. The molecule has 2 aliphatic rings. The SMILES string of the molecule is C[C@H]1CCCN(Cc2cc(C(=O)O)c(=O)n(C3CC3)c2)C1. The van der Waals surface area contributed by atoms with E-state index in [1.54, 1.807) is 10.6 Å². The summed E-state index contributed by atoms with van der Waals surface area (Å²) in [5, 5.41) is 9.24. The fraction of sp³-hybridized carbons (Fsp3) is 0.625. The molecule has 1 aromatic rings. The Morgan fingerprint density at radius 3 is 2.76 bits per heavy atom. The number of aromatic carboxylic acids is 1. The normalized spacial score (nSPS) is 23.2. The van der Waals surface area contributed by atoms with Crippen LogP contribution < -0.4 is 5.56 Å². The summed E-state index contributed by atoms with van der Waals surface area (Å²) in [6, 6.07) is 1.76. The molecule has 114 valence electrons. The van der Waals surface area contributed by atoms with Crippen LogP contribution in [0.5, 0.6) is 0 Å². The fourth-order valence-corrected chi connectivity index (χ4v) is 3.21. The quantitative estimate of drug-likeness (QED) is 0.922. The van der Waals surface area contributed by atoms with E-state index in [0.717, 1.165) is 38.0 Å². The van der Waals surface area contributed by atoms with Crippen molar-refractivity contribution in [1.29, 1.82) is 0 Å². The van der Waals surface area contributed by atoms with E-state index in [4.69, 9.17) is 0 Å². The van der Waals surface area contributed by atoms with Gasteiger partial charge in [-0.15, -0.1) is 0 Å². The van der Waals surface area contributed by atoms with Crippen LogP contribution in [-0.4, -0.2) is 33.6 Å². The molecule has 1 aliphatic heterocycles. The number of hydrogen-bond acceptors (Lipinski definition) is 3. The Morgan fingerprint density at radius 1 is 1.38 bits per heavy atom. The third kappa shape index (κ3) is 3.18. The average Bonchev–Trinajstić information content (AvgIpc) is 3.24. The molecule has 1 atom stereocenters. The van der Waals surface area contributed by atoms with Gasteiger partial charge >= 0.3 is 5.97 Å². The lowest BCUT2D eigenvalue weighted by molar-refractivity contribution is 0.0693.